The average Bonchev–Trinajstić information content (AvgIpc) is 1.82. The number of alkyl halides is 3. The van der Waals surface area contributed by atoms with E-state index in [0.29, 0.717) is 12.8 Å². The maximum absolute atomic E-state index is 12.2. The standard InChI is InChI=1S/C10H19F3/c1-4-6-9(3,7-5-2)8-10(11,12)13/h4-8H2,1-3H3. The predicted molar refractivity (Wildman–Crippen MR) is 48.6 cm³/mol. The van der Waals surface area contributed by atoms with Crippen LogP contribution < -0.4 is 0 Å². The van der Waals surface area contributed by atoms with Crippen LogP contribution in [0.15, 0.2) is 0 Å². The summed E-state index contributed by atoms with van der Waals surface area (Å²) in [6, 6.07) is 0. The molecule has 0 fully saturated rings. The molecule has 0 aromatic carbocycles. The lowest BCUT2D eigenvalue weighted by Gasteiger charge is -2.29. The molecule has 0 amide bonds. The Hall–Kier alpha value is -0.210. The maximum Gasteiger partial charge on any atom is 0.389 e. The number of hydrogen-bond donors (Lipinski definition) is 0. The first kappa shape index (κ1) is 12.8. The minimum Gasteiger partial charge on any atom is -0.171 e. The van der Waals surface area contributed by atoms with Crippen molar-refractivity contribution in [3.05, 3.63) is 0 Å². The molecule has 0 aliphatic heterocycles. The summed E-state index contributed by atoms with van der Waals surface area (Å²) in [5.74, 6) is 0. The summed E-state index contributed by atoms with van der Waals surface area (Å²) in [6.45, 7) is 5.61. The van der Waals surface area contributed by atoms with Gasteiger partial charge >= 0.3 is 6.18 Å². The summed E-state index contributed by atoms with van der Waals surface area (Å²) in [7, 11) is 0. The van der Waals surface area contributed by atoms with Crippen LogP contribution in [0.5, 0.6) is 0 Å². The van der Waals surface area contributed by atoms with E-state index in [4.69, 9.17) is 0 Å². The molecule has 0 heterocycles. The van der Waals surface area contributed by atoms with Gasteiger partial charge < -0.3 is 0 Å². The Labute approximate surface area is 78.5 Å². The van der Waals surface area contributed by atoms with Crippen LogP contribution in [0.3, 0.4) is 0 Å². The summed E-state index contributed by atoms with van der Waals surface area (Å²) < 4.78 is 36.6. The predicted octanol–water partition coefficient (Wildman–Crippen LogP) is 4.55. The summed E-state index contributed by atoms with van der Waals surface area (Å²) in [5, 5.41) is 0. The molecule has 0 aliphatic carbocycles. The summed E-state index contributed by atoms with van der Waals surface area (Å²) in [6.07, 6.45) is -1.67. The lowest BCUT2D eigenvalue weighted by atomic mass is 9.78. The second kappa shape index (κ2) is 4.87. The molecule has 0 nitrogen and oxygen atoms in total. The van der Waals surface area contributed by atoms with Gasteiger partial charge in [0, 0.05) is 6.42 Å². The molecule has 0 spiro atoms. The Morgan fingerprint density at radius 1 is 0.923 bits per heavy atom. The molecule has 0 unspecified atom stereocenters. The van der Waals surface area contributed by atoms with Crippen molar-refractivity contribution in [1.29, 1.82) is 0 Å². The molecule has 0 rings (SSSR count). The molecule has 3 heteroatoms. The quantitative estimate of drug-likeness (QED) is 0.605. The van der Waals surface area contributed by atoms with Crippen LogP contribution in [0.25, 0.3) is 0 Å². The molecule has 0 aromatic heterocycles. The van der Waals surface area contributed by atoms with Crippen molar-refractivity contribution in [1.82, 2.24) is 0 Å². The molecule has 0 bridgehead atoms. The minimum absolute atomic E-state index is 0.540. The Kier molecular flexibility index (Phi) is 4.79. The molecule has 0 aromatic rings. The van der Waals surface area contributed by atoms with Crippen molar-refractivity contribution in [2.45, 2.75) is 59.1 Å². The van der Waals surface area contributed by atoms with E-state index in [2.05, 4.69) is 0 Å². The molecule has 0 N–H and O–H groups in total. The van der Waals surface area contributed by atoms with Gasteiger partial charge in [-0.2, -0.15) is 13.2 Å². The van der Waals surface area contributed by atoms with Gasteiger partial charge in [-0.3, -0.25) is 0 Å². The number of halogens is 3. The Morgan fingerprint density at radius 2 is 1.31 bits per heavy atom. The van der Waals surface area contributed by atoms with Gasteiger partial charge in [0.25, 0.3) is 0 Å². The van der Waals surface area contributed by atoms with E-state index < -0.39 is 18.0 Å². The van der Waals surface area contributed by atoms with Crippen molar-refractivity contribution in [3.63, 3.8) is 0 Å². The fourth-order valence-electron chi connectivity index (χ4n) is 1.99. The monoisotopic (exact) mass is 196 g/mol. The molecule has 80 valence electrons. The van der Waals surface area contributed by atoms with Gasteiger partial charge in [0.05, 0.1) is 0 Å². The van der Waals surface area contributed by atoms with Crippen molar-refractivity contribution >= 4 is 0 Å². The van der Waals surface area contributed by atoms with Gasteiger partial charge in [0.1, 0.15) is 0 Å². The third-order valence-corrected chi connectivity index (χ3v) is 2.33. The van der Waals surface area contributed by atoms with E-state index in [-0.39, 0.29) is 0 Å². The van der Waals surface area contributed by atoms with Gasteiger partial charge in [-0.05, 0) is 18.3 Å². The fraction of sp³-hybridized carbons (Fsp3) is 1.00. The van der Waals surface area contributed by atoms with E-state index in [1.165, 1.54) is 0 Å². The van der Waals surface area contributed by atoms with Crippen LogP contribution in [-0.4, -0.2) is 6.18 Å². The van der Waals surface area contributed by atoms with E-state index >= 15 is 0 Å². The Balaban J connectivity index is 4.22. The molecule has 13 heavy (non-hydrogen) atoms. The zero-order valence-electron chi connectivity index (χ0n) is 8.67. The highest BCUT2D eigenvalue weighted by Crippen LogP contribution is 2.40. The lowest BCUT2D eigenvalue weighted by Crippen LogP contribution is -2.25. The highest BCUT2D eigenvalue weighted by Gasteiger charge is 2.37. The second-order valence-corrected chi connectivity index (χ2v) is 4.10. The van der Waals surface area contributed by atoms with E-state index in [0.717, 1.165) is 12.8 Å². The van der Waals surface area contributed by atoms with Crippen LogP contribution in [0.4, 0.5) is 13.2 Å². The van der Waals surface area contributed by atoms with Crippen LogP contribution in [-0.2, 0) is 0 Å². The summed E-state index contributed by atoms with van der Waals surface area (Å²) in [5.41, 5.74) is -0.540. The second-order valence-electron chi connectivity index (χ2n) is 4.10. The first-order valence-electron chi connectivity index (χ1n) is 4.90. The molecule has 0 radical (unpaired) electrons. The molecule has 0 saturated heterocycles. The van der Waals surface area contributed by atoms with E-state index in [1.807, 2.05) is 13.8 Å². The molecule has 0 saturated carbocycles. The van der Waals surface area contributed by atoms with E-state index in [1.54, 1.807) is 6.92 Å². The Morgan fingerprint density at radius 3 is 1.54 bits per heavy atom. The summed E-state index contributed by atoms with van der Waals surface area (Å²) >= 11 is 0. The SMILES string of the molecule is CCCC(C)(CCC)CC(F)(F)F. The van der Waals surface area contributed by atoms with Crippen LogP contribution in [0.2, 0.25) is 0 Å². The van der Waals surface area contributed by atoms with Crippen molar-refractivity contribution in [2.75, 3.05) is 0 Å². The zero-order valence-corrected chi connectivity index (χ0v) is 8.67. The molecule has 0 aliphatic rings. The molecule has 0 atom stereocenters. The molecular weight excluding hydrogens is 177 g/mol. The smallest absolute Gasteiger partial charge is 0.171 e. The van der Waals surface area contributed by atoms with Crippen molar-refractivity contribution in [3.8, 4) is 0 Å². The van der Waals surface area contributed by atoms with Crippen molar-refractivity contribution in [2.24, 2.45) is 5.41 Å². The zero-order chi connectivity index (χ0) is 10.5. The van der Waals surface area contributed by atoms with E-state index in [9.17, 15) is 13.2 Å². The van der Waals surface area contributed by atoms with Crippen LogP contribution in [0, 0.1) is 5.41 Å². The number of rotatable bonds is 5. The first-order valence-corrected chi connectivity index (χ1v) is 4.90. The van der Waals surface area contributed by atoms with Gasteiger partial charge in [-0.1, -0.05) is 33.6 Å². The van der Waals surface area contributed by atoms with Gasteiger partial charge in [-0.25, -0.2) is 0 Å². The van der Waals surface area contributed by atoms with Gasteiger partial charge in [-0.15, -0.1) is 0 Å². The third kappa shape index (κ3) is 5.94. The fourth-order valence-corrected chi connectivity index (χ4v) is 1.99. The minimum atomic E-state index is -4.01. The average molecular weight is 196 g/mol. The highest BCUT2D eigenvalue weighted by molar-refractivity contribution is 4.76. The summed E-state index contributed by atoms with van der Waals surface area (Å²) in [4.78, 5) is 0. The number of hydrogen-bond acceptors (Lipinski definition) is 0. The normalized spacial score (nSPS) is 13.4. The highest BCUT2D eigenvalue weighted by atomic mass is 19.4. The third-order valence-electron chi connectivity index (χ3n) is 2.33. The van der Waals surface area contributed by atoms with Crippen molar-refractivity contribution < 1.29 is 13.2 Å². The van der Waals surface area contributed by atoms with Crippen LogP contribution >= 0.6 is 0 Å². The van der Waals surface area contributed by atoms with Gasteiger partial charge in [0.2, 0.25) is 0 Å². The maximum atomic E-state index is 12.2. The first-order chi connectivity index (χ1) is 5.83. The molecular formula is C10H19F3. The van der Waals surface area contributed by atoms with Gasteiger partial charge in [0.15, 0.2) is 0 Å². The topological polar surface area (TPSA) is 0 Å². The lowest BCUT2D eigenvalue weighted by molar-refractivity contribution is -0.158. The largest absolute Gasteiger partial charge is 0.389 e. The Bertz CT molecular complexity index is 132. The van der Waals surface area contributed by atoms with Crippen LogP contribution in [0.1, 0.15) is 52.9 Å².